The first kappa shape index (κ1) is 31.2. The molecule has 0 bridgehead atoms. The number of aliphatic hydroxyl groups is 1. The quantitative estimate of drug-likeness (QED) is 0.150. The molecule has 3 atom stereocenters. The van der Waals surface area contributed by atoms with Gasteiger partial charge in [0, 0.05) is 30.5 Å². The number of rotatable bonds is 11. The molecule has 1 aliphatic rings. The van der Waals surface area contributed by atoms with Gasteiger partial charge in [-0.2, -0.15) is 0 Å². The van der Waals surface area contributed by atoms with Gasteiger partial charge in [-0.05, 0) is 64.2 Å². The van der Waals surface area contributed by atoms with E-state index in [1.54, 1.807) is 48.3 Å². The van der Waals surface area contributed by atoms with E-state index in [1.807, 2.05) is 84.9 Å². The van der Waals surface area contributed by atoms with Crippen LogP contribution in [-0.4, -0.2) is 30.4 Å². The third-order valence-corrected chi connectivity index (χ3v) is 10.1. The molecule has 0 spiro atoms. The van der Waals surface area contributed by atoms with Crippen molar-refractivity contribution in [2.24, 2.45) is 0 Å². The first-order valence-corrected chi connectivity index (χ1v) is 17.2. The van der Waals surface area contributed by atoms with E-state index in [9.17, 15) is 13.5 Å². The van der Waals surface area contributed by atoms with E-state index < -0.39 is 16.3 Å². The van der Waals surface area contributed by atoms with Gasteiger partial charge in [-0.15, -0.1) is 11.8 Å². The van der Waals surface area contributed by atoms with Crippen molar-refractivity contribution in [3.8, 4) is 11.1 Å². The Balaban J connectivity index is 1.21. The molecule has 4 aromatic carbocycles. The van der Waals surface area contributed by atoms with Crippen molar-refractivity contribution >= 4 is 21.8 Å². The number of sulfonamides is 1. The summed E-state index contributed by atoms with van der Waals surface area (Å²) in [6.45, 7) is 0.166. The van der Waals surface area contributed by atoms with Gasteiger partial charge in [-0.3, -0.25) is 0 Å². The molecule has 6 rings (SSSR count). The molecule has 0 amide bonds. The molecule has 0 aliphatic carbocycles. The summed E-state index contributed by atoms with van der Waals surface area (Å²) >= 11 is 1.66. The fraction of sp³-hybridized carbons (Fsp3) is 0.194. The second-order valence-corrected chi connectivity index (χ2v) is 13.6. The summed E-state index contributed by atoms with van der Waals surface area (Å²) in [6.07, 6.45) is 1.63. The van der Waals surface area contributed by atoms with Gasteiger partial charge in [0.1, 0.15) is 0 Å². The van der Waals surface area contributed by atoms with Gasteiger partial charge >= 0.3 is 0 Å². The molecular weight excluding hydrogens is 605 g/mol. The average Bonchev–Trinajstić information content (AvgIpc) is 3.11. The molecular formula is C36H34N2O5S2. The number of thioether (sulfide) groups is 1. The Morgan fingerprint density at radius 2 is 1.53 bits per heavy atom. The number of aromatic nitrogens is 1. The maximum absolute atomic E-state index is 12.7. The topological polar surface area (TPSA) is 97.8 Å². The molecule has 5 aromatic rings. The monoisotopic (exact) mass is 638 g/mol. The smallest absolute Gasteiger partial charge is 0.240 e. The summed E-state index contributed by atoms with van der Waals surface area (Å²) in [5, 5.41) is 10.5. The van der Waals surface area contributed by atoms with Gasteiger partial charge in [0.05, 0.1) is 28.7 Å². The minimum absolute atomic E-state index is 0.00618. The van der Waals surface area contributed by atoms with Gasteiger partial charge in [0.15, 0.2) is 6.29 Å². The van der Waals surface area contributed by atoms with Crippen LogP contribution < -0.4 is 4.72 Å². The highest BCUT2D eigenvalue weighted by Gasteiger charge is 2.32. The molecule has 9 heteroatoms. The standard InChI is InChI=1S/C36H34N2O5S2/c39-24-26-15-17-28(18-16-26)34-22-32(25-44-35-14-4-5-19-37-35)42-36(43-34)31-11-7-10-30(21-31)29-9-6-8-27(20-29)23-38-45(40,41)33-12-2-1-3-13-33/h1-21,32,34,36,38-39H,22-25H2/t32-,34+,36+/m1/s1. The third kappa shape index (κ3) is 8.07. The summed E-state index contributed by atoms with van der Waals surface area (Å²) in [4.78, 5) is 4.68. The summed E-state index contributed by atoms with van der Waals surface area (Å²) in [6, 6.07) is 38.0. The van der Waals surface area contributed by atoms with E-state index in [2.05, 4.69) is 15.8 Å². The van der Waals surface area contributed by atoms with E-state index in [1.165, 1.54) is 0 Å². The van der Waals surface area contributed by atoms with Crippen molar-refractivity contribution in [3.63, 3.8) is 0 Å². The first-order valence-electron chi connectivity index (χ1n) is 14.8. The Morgan fingerprint density at radius 1 is 0.778 bits per heavy atom. The van der Waals surface area contributed by atoms with E-state index in [0.717, 1.165) is 44.2 Å². The molecule has 0 radical (unpaired) electrons. The Hall–Kier alpha value is -3.83. The first-order chi connectivity index (χ1) is 22.0. The molecule has 45 heavy (non-hydrogen) atoms. The van der Waals surface area contributed by atoms with Crippen molar-refractivity contribution in [1.29, 1.82) is 0 Å². The largest absolute Gasteiger partial charge is 0.392 e. The number of nitrogens with zero attached hydrogens (tertiary/aromatic N) is 1. The summed E-state index contributed by atoms with van der Waals surface area (Å²) < 4.78 is 41.3. The number of hydrogen-bond donors (Lipinski definition) is 2. The van der Waals surface area contributed by atoms with Gasteiger partial charge in [0.2, 0.25) is 10.0 Å². The number of nitrogens with one attached hydrogen (secondary N) is 1. The number of aliphatic hydroxyl groups excluding tert-OH is 1. The van der Waals surface area contributed by atoms with Crippen LogP contribution in [0.1, 0.15) is 41.1 Å². The van der Waals surface area contributed by atoms with Gasteiger partial charge < -0.3 is 14.6 Å². The van der Waals surface area contributed by atoms with E-state index in [-0.39, 0.29) is 30.3 Å². The van der Waals surface area contributed by atoms with E-state index >= 15 is 0 Å². The molecule has 1 aromatic heterocycles. The number of benzene rings is 4. The van der Waals surface area contributed by atoms with E-state index in [0.29, 0.717) is 6.42 Å². The minimum Gasteiger partial charge on any atom is -0.392 e. The average molecular weight is 639 g/mol. The fourth-order valence-electron chi connectivity index (χ4n) is 5.22. The summed E-state index contributed by atoms with van der Waals surface area (Å²) in [7, 11) is -3.62. The zero-order valence-corrected chi connectivity index (χ0v) is 26.2. The van der Waals surface area contributed by atoms with E-state index in [4.69, 9.17) is 9.47 Å². The van der Waals surface area contributed by atoms with Crippen molar-refractivity contribution in [3.05, 3.63) is 150 Å². The van der Waals surface area contributed by atoms with Crippen LogP contribution >= 0.6 is 11.8 Å². The highest BCUT2D eigenvalue weighted by molar-refractivity contribution is 7.99. The molecule has 7 nitrogen and oxygen atoms in total. The molecule has 2 heterocycles. The van der Waals surface area contributed by atoms with Crippen LogP contribution in [0.15, 0.2) is 137 Å². The normalized spacial score (nSPS) is 18.5. The molecule has 1 saturated heterocycles. The molecule has 2 N–H and O–H groups in total. The summed E-state index contributed by atoms with van der Waals surface area (Å²) in [5.41, 5.74) is 5.57. The lowest BCUT2D eigenvalue weighted by Gasteiger charge is -2.36. The lowest BCUT2D eigenvalue weighted by Crippen LogP contribution is -2.31. The Bertz CT molecular complexity index is 1800. The van der Waals surface area contributed by atoms with Crippen LogP contribution in [0.2, 0.25) is 0 Å². The van der Waals surface area contributed by atoms with Crippen LogP contribution in [0, 0.1) is 0 Å². The Morgan fingerprint density at radius 3 is 2.29 bits per heavy atom. The van der Waals surface area contributed by atoms with Crippen LogP contribution in [0.5, 0.6) is 0 Å². The maximum Gasteiger partial charge on any atom is 0.240 e. The zero-order valence-electron chi connectivity index (χ0n) is 24.5. The van der Waals surface area contributed by atoms with Gasteiger partial charge in [-0.25, -0.2) is 18.1 Å². The van der Waals surface area contributed by atoms with Crippen LogP contribution in [-0.2, 0) is 32.6 Å². The minimum atomic E-state index is -3.62. The second-order valence-electron chi connectivity index (χ2n) is 10.8. The fourth-order valence-corrected chi connectivity index (χ4v) is 7.14. The predicted molar refractivity (Wildman–Crippen MR) is 176 cm³/mol. The van der Waals surface area contributed by atoms with Crippen molar-refractivity contribution in [2.45, 2.75) is 48.0 Å². The predicted octanol–water partition coefficient (Wildman–Crippen LogP) is 7.06. The maximum atomic E-state index is 12.7. The number of pyridine rings is 1. The molecule has 230 valence electrons. The molecule has 0 unspecified atom stereocenters. The summed E-state index contributed by atoms with van der Waals surface area (Å²) in [5.74, 6) is 0.725. The number of ether oxygens (including phenoxy) is 2. The van der Waals surface area contributed by atoms with Crippen LogP contribution in [0.4, 0.5) is 0 Å². The Kier molecular flexibility index (Phi) is 10.0. The lowest BCUT2D eigenvalue weighted by molar-refractivity contribution is -0.245. The highest BCUT2D eigenvalue weighted by atomic mass is 32.2. The van der Waals surface area contributed by atoms with Gasteiger partial charge in [-0.1, -0.05) is 84.9 Å². The van der Waals surface area contributed by atoms with Crippen molar-refractivity contribution in [1.82, 2.24) is 9.71 Å². The molecule has 1 aliphatic heterocycles. The van der Waals surface area contributed by atoms with Gasteiger partial charge in [0.25, 0.3) is 0 Å². The second kappa shape index (κ2) is 14.5. The molecule has 0 saturated carbocycles. The van der Waals surface area contributed by atoms with Crippen molar-refractivity contribution in [2.75, 3.05) is 5.75 Å². The SMILES string of the molecule is O=S(=O)(NCc1cccc(-c2cccc([C@H]3O[C@@H](CSc4ccccn4)C[C@@H](c4ccc(CO)cc4)O3)c2)c1)c1ccccc1. The zero-order chi connectivity index (χ0) is 31.1. The van der Waals surface area contributed by atoms with Crippen LogP contribution in [0.25, 0.3) is 11.1 Å². The number of hydrogen-bond acceptors (Lipinski definition) is 7. The highest BCUT2D eigenvalue weighted by Crippen LogP contribution is 2.40. The van der Waals surface area contributed by atoms with Crippen molar-refractivity contribution < 1.29 is 23.0 Å². The molecule has 1 fully saturated rings. The van der Waals surface area contributed by atoms with Crippen LogP contribution in [0.3, 0.4) is 0 Å². The lowest BCUT2D eigenvalue weighted by atomic mass is 9.99. The third-order valence-electron chi connectivity index (χ3n) is 7.61. The Labute approximate surface area is 268 Å².